The predicted octanol–water partition coefficient (Wildman–Crippen LogP) is 2.67. The molecule has 0 saturated carbocycles. The minimum absolute atomic E-state index is 0. The van der Waals surface area contributed by atoms with Crippen LogP contribution < -0.4 is 5.32 Å². The van der Waals surface area contributed by atoms with Gasteiger partial charge in [0.2, 0.25) is 0 Å². The minimum Gasteiger partial charge on any atom is -0.314 e. The molecule has 0 spiro atoms. The summed E-state index contributed by atoms with van der Waals surface area (Å²) in [7, 11) is -2.84. The Morgan fingerprint density at radius 3 is 2.00 bits per heavy atom. The Hall–Kier alpha value is 0.400. The van der Waals surface area contributed by atoms with E-state index in [1.165, 1.54) is 0 Å². The molecule has 0 bridgehead atoms. The summed E-state index contributed by atoms with van der Waals surface area (Å²) in [4.78, 5) is 0. The van der Waals surface area contributed by atoms with E-state index in [0.29, 0.717) is 32.0 Å². The van der Waals surface area contributed by atoms with E-state index in [-0.39, 0.29) is 12.4 Å². The highest BCUT2D eigenvalue weighted by Gasteiger charge is 2.22. The molecule has 1 N–H and O–H groups in total. The van der Waals surface area contributed by atoms with Crippen LogP contribution in [0, 0.1) is 0 Å². The Morgan fingerprint density at radius 1 is 1.20 bits per heavy atom. The van der Waals surface area contributed by atoms with Gasteiger partial charge in [0.05, 0.1) is 19.4 Å². The Morgan fingerprint density at radius 2 is 1.67 bits per heavy atom. The first-order chi connectivity index (χ1) is 6.54. The van der Waals surface area contributed by atoms with Gasteiger partial charge in [0, 0.05) is 12.6 Å². The van der Waals surface area contributed by atoms with Crippen molar-refractivity contribution in [1.82, 2.24) is 5.32 Å². The fourth-order valence-electron chi connectivity index (χ4n) is 1.05. The van der Waals surface area contributed by atoms with E-state index < -0.39 is 7.60 Å². The SMILES string of the molecule is CCOP(=O)(CCNC(C)C)OCC.Cl. The van der Waals surface area contributed by atoms with Gasteiger partial charge in [-0.05, 0) is 13.8 Å². The smallest absolute Gasteiger partial charge is 0.314 e. The van der Waals surface area contributed by atoms with Crippen LogP contribution in [-0.2, 0) is 13.6 Å². The summed E-state index contributed by atoms with van der Waals surface area (Å²) in [5, 5.41) is 3.19. The lowest BCUT2D eigenvalue weighted by Gasteiger charge is -2.17. The largest absolute Gasteiger partial charge is 0.331 e. The molecule has 0 aromatic heterocycles. The van der Waals surface area contributed by atoms with Crippen molar-refractivity contribution < 1.29 is 13.6 Å². The Labute approximate surface area is 99.1 Å². The highest BCUT2D eigenvalue weighted by atomic mass is 35.5. The fourth-order valence-corrected chi connectivity index (χ4v) is 2.57. The molecule has 0 rings (SSSR count). The summed E-state index contributed by atoms with van der Waals surface area (Å²) >= 11 is 0. The number of halogens is 1. The second-order valence-corrected chi connectivity index (χ2v) is 5.46. The third kappa shape index (κ3) is 9.34. The average Bonchev–Trinajstić information content (AvgIpc) is 2.03. The molecular formula is C9H23ClNO3P. The van der Waals surface area contributed by atoms with Gasteiger partial charge >= 0.3 is 7.60 Å². The molecule has 94 valence electrons. The minimum atomic E-state index is -2.84. The molecule has 0 aromatic carbocycles. The molecular weight excluding hydrogens is 237 g/mol. The highest BCUT2D eigenvalue weighted by Crippen LogP contribution is 2.47. The zero-order valence-corrected chi connectivity index (χ0v) is 11.7. The molecule has 0 aromatic rings. The summed E-state index contributed by atoms with van der Waals surface area (Å²) in [5.41, 5.74) is 0. The Balaban J connectivity index is 0. The van der Waals surface area contributed by atoms with Crippen molar-refractivity contribution in [2.24, 2.45) is 0 Å². The normalized spacial score (nSPS) is 11.5. The van der Waals surface area contributed by atoms with Gasteiger partial charge in [-0.15, -0.1) is 12.4 Å². The monoisotopic (exact) mass is 259 g/mol. The number of hydrogen-bond donors (Lipinski definition) is 1. The van der Waals surface area contributed by atoms with E-state index in [1.54, 1.807) is 0 Å². The molecule has 6 heteroatoms. The van der Waals surface area contributed by atoms with Crippen LogP contribution in [0.25, 0.3) is 0 Å². The van der Waals surface area contributed by atoms with Crippen molar-refractivity contribution in [3.05, 3.63) is 0 Å². The lowest BCUT2D eigenvalue weighted by atomic mass is 10.4. The van der Waals surface area contributed by atoms with E-state index in [9.17, 15) is 4.57 Å². The van der Waals surface area contributed by atoms with Crippen molar-refractivity contribution in [1.29, 1.82) is 0 Å². The third-order valence-electron chi connectivity index (χ3n) is 1.59. The molecule has 15 heavy (non-hydrogen) atoms. The second kappa shape index (κ2) is 9.61. The first kappa shape index (κ1) is 17.8. The van der Waals surface area contributed by atoms with Crippen LogP contribution in [0.5, 0.6) is 0 Å². The summed E-state index contributed by atoms with van der Waals surface area (Å²) in [6, 6.07) is 0.395. The van der Waals surface area contributed by atoms with E-state index in [4.69, 9.17) is 9.05 Å². The first-order valence-corrected chi connectivity index (χ1v) is 6.88. The molecule has 0 fully saturated rings. The first-order valence-electron chi connectivity index (χ1n) is 5.15. The maximum Gasteiger partial charge on any atom is 0.331 e. The summed E-state index contributed by atoms with van der Waals surface area (Å²) in [5.74, 6) is 0. The maximum absolute atomic E-state index is 11.9. The van der Waals surface area contributed by atoms with Gasteiger partial charge in [0.1, 0.15) is 0 Å². The fraction of sp³-hybridized carbons (Fsp3) is 1.00. The van der Waals surface area contributed by atoms with Crippen molar-refractivity contribution in [2.45, 2.75) is 33.7 Å². The van der Waals surface area contributed by atoms with Gasteiger partial charge < -0.3 is 14.4 Å². The van der Waals surface area contributed by atoms with E-state index in [2.05, 4.69) is 5.32 Å². The molecule has 0 unspecified atom stereocenters. The molecule has 0 heterocycles. The van der Waals surface area contributed by atoms with Crippen LogP contribution in [0.3, 0.4) is 0 Å². The second-order valence-electron chi connectivity index (χ2n) is 3.28. The molecule has 0 aliphatic rings. The van der Waals surface area contributed by atoms with Crippen molar-refractivity contribution in [3.8, 4) is 0 Å². The van der Waals surface area contributed by atoms with Gasteiger partial charge in [0.25, 0.3) is 0 Å². The highest BCUT2D eigenvalue weighted by molar-refractivity contribution is 7.53. The average molecular weight is 260 g/mol. The molecule has 0 amide bonds. The van der Waals surface area contributed by atoms with E-state index in [1.807, 2.05) is 27.7 Å². The molecule has 0 saturated heterocycles. The third-order valence-corrected chi connectivity index (χ3v) is 3.66. The van der Waals surface area contributed by atoms with Crippen LogP contribution in [0.1, 0.15) is 27.7 Å². The van der Waals surface area contributed by atoms with Crippen molar-refractivity contribution in [3.63, 3.8) is 0 Å². The summed E-state index contributed by atoms with van der Waals surface area (Å²) in [6.45, 7) is 9.26. The Bertz CT molecular complexity index is 180. The van der Waals surface area contributed by atoms with Crippen LogP contribution in [0.4, 0.5) is 0 Å². The maximum atomic E-state index is 11.9. The number of rotatable bonds is 8. The van der Waals surface area contributed by atoms with E-state index in [0.717, 1.165) is 0 Å². The zero-order valence-electron chi connectivity index (χ0n) is 9.99. The van der Waals surface area contributed by atoms with Gasteiger partial charge in [-0.1, -0.05) is 13.8 Å². The number of nitrogens with one attached hydrogen (secondary N) is 1. The molecule has 0 aliphatic heterocycles. The van der Waals surface area contributed by atoms with Crippen molar-refractivity contribution >= 4 is 20.0 Å². The van der Waals surface area contributed by atoms with Crippen LogP contribution >= 0.6 is 20.0 Å². The molecule has 0 aliphatic carbocycles. The standard InChI is InChI=1S/C9H22NO3P.ClH/c1-5-12-14(11,13-6-2)8-7-10-9(3)4;/h9-10H,5-8H2,1-4H3;1H. The van der Waals surface area contributed by atoms with Gasteiger partial charge in [0.15, 0.2) is 0 Å². The lowest BCUT2D eigenvalue weighted by molar-refractivity contribution is 0.220. The van der Waals surface area contributed by atoms with Crippen LogP contribution in [0.2, 0.25) is 0 Å². The molecule has 0 radical (unpaired) electrons. The predicted molar refractivity (Wildman–Crippen MR) is 66.1 cm³/mol. The summed E-state index contributed by atoms with van der Waals surface area (Å²) < 4.78 is 22.2. The van der Waals surface area contributed by atoms with Gasteiger partial charge in [-0.3, -0.25) is 4.57 Å². The summed E-state index contributed by atoms with van der Waals surface area (Å²) in [6.07, 6.45) is 0.437. The van der Waals surface area contributed by atoms with Crippen LogP contribution in [-0.4, -0.2) is 32.0 Å². The molecule has 4 nitrogen and oxygen atoms in total. The van der Waals surface area contributed by atoms with Gasteiger partial charge in [-0.25, -0.2) is 0 Å². The molecule has 0 atom stereocenters. The van der Waals surface area contributed by atoms with Crippen LogP contribution in [0.15, 0.2) is 0 Å². The van der Waals surface area contributed by atoms with Gasteiger partial charge in [-0.2, -0.15) is 0 Å². The lowest BCUT2D eigenvalue weighted by Crippen LogP contribution is -2.26. The van der Waals surface area contributed by atoms with Crippen molar-refractivity contribution in [2.75, 3.05) is 25.9 Å². The quantitative estimate of drug-likeness (QED) is 0.681. The topological polar surface area (TPSA) is 47.6 Å². The number of hydrogen-bond acceptors (Lipinski definition) is 4. The zero-order chi connectivity index (χ0) is 11.0. The van der Waals surface area contributed by atoms with E-state index >= 15 is 0 Å². The Kier molecular flexibility index (Phi) is 11.4.